The highest BCUT2D eigenvalue weighted by Gasteiger charge is 2.50. The van der Waals surface area contributed by atoms with Gasteiger partial charge in [0, 0.05) is 17.3 Å². The summed E-state index contributed by atoms with van der Waals surface area (Å²) in [5.41, 5.74) is 5.92. The molecule has 4 rings (SSSR count). The number of fused-ring (bicyclic) bond motifs is 3. The fraction of sp³-hybridized carbons (Fsp3) is 0.500. The van der Waals surface area contributed by atoms with Crippen LogP contribution in [0.4, 0.5) is 5.69 Å². The first-order chi connectivity index (χ1) is 9.10. The molecule has 3 aliphatic heterocycles. The fourth-order valence-electron chi connectivity index (χ4n) is 3.37. The quantitative estimate of drug-likeness (QED) is 0.885. The van der Waals surface area contributed by atoms with E-state index in [0.29, 0.717) is 17.5 Å². The van der Waals surface area contributed by atoms with Crippen molar-refractivity contribution in [2.24, 2.45) is 11.7 Å². The lowest BCUT2D eigenvalue weighted by atomic mass is 9.72. The second-order valence-electron chi connectivity index (χ2n) is 5.52. The van der Waals surface area contributed by atoms with E-state index in [-0.39, 0.29) is 5.91 Å². The third kappa shape index (κ3) is 2.19. The van der Waals surface area contributed by atoms with Crippen molar-refractivity contribution >= 4 is 23.2 Å². The van der Waals surface area contributed by atoms with Crippen LogP contribution in [0.3, 0.4) is 0 Å². The molecule has 5 heteroatoms. The van der Waals surface area contributed by atoms with E-state index in [4.69, 9.17) is 17.3 Å². The van der Waals surface area contributed by atoms with Gasteiger partial charge in [-0.05, 0) is 50.0 Å². The Bertz CT molecular complexity index is 499. The van der Waals surface area contributed by atoms with Gasteiger partial charge in [0.2, 0.25) is 5.91 Å². The number of anilines is 1. The molecule has 3 saturated heterocycles. The van der Waals surface area contributed by atoms with E-state index in [1.54, 1.807) is 0 Å². The number of nitrogens with zero attached hydrogens (tertiary/aromatic N) is 1. The van der Waals surface area contributed by atoms with Crippen LogP contribution >= 0.6 is 11.6 Å². The van der Waals surface area contributed by atoms with E-state index in [1.807, 2.05) is 24.3 Å². The van der Waals surface area contributed by atoms with Gasteiger partial charge in [-0.1, -0.05) is 17.7 Å². The van der Waals surface area contributed by atoms with Crippen molar-refractivity contribution in [3.8, 4) is 0 Å². The molecule has 3 N–H and O–H groups in total. The topological polar surface area (TPSA) is 58.4 Å². The molecule has 0 spiro atoms. The number of benzene rings is 1. The van der Waals surface area contributed by atoms with Gasteiger partial charge in [0.25, 0.3) is 0 Å². The number of carbonyl (C=O) groups excluding carboxylic acids is 1. The maximum atomic E-state index is 12.1. The molecule has 1 aromatic rings. The molecule has 102 valence electrons. The molecule has 3 aliphatic rings. The third-order valence-electron chi connectivity index (χ3n) is 4.39. The average molecular weight is 280 g/mol. The van der Waals surface area contributed by atoms with Crippen LogP contribution in [0.25, 0.3) is 0 Å². The van der Waals surface area contributed by atoms with Gasteiger partial charge in [-0.3, -0.25) is 4.79 Å². The van der Waals surface area contributed by atoms with E-state index in [0.717, 1.165) is 31.6 Å². The monoisotopic (exact) mass is 279 g/mol. The van der Waals surface area contributed by atoms with E-state index in [1.165, 1.54) is 0 Å². The molecule has 0 aromatic heterocycles. The second kappa shape index (κ2) is 4.69. The van der Waals surface area contributed by atoms with E-state index >= 15 is 0 Å². The Balaban J connectivity index is 1.91. The Hall–Kier alpha value is -1.26. The zero-order valence-corrected chi connectivity index (χ0v) is 11.5. The molecule has 3 fully saturated rings. The highest BCUT2D eigenvalue weighted by molar-refractivity contribution is 6.30. The summed E-state index contributed by atoms with van der Waals surface area (Å²) in [6.07, 6.45) is 2.05. The summed E-state index contributed by atoms with van der Waals surface area (Å²) < 4.78 is 0. The Morgan fingerprint density at radius 2 is 2.16 bits per heavy atom. The first kappa shape index (κ1) is 12.8. The number of nitrogens with one attached hydrogen (secondary N) is 1. The molecular weight excluding hydrogens is 262 g/mol. The number of hydrogen-bond acceptors (Lipinski definition) is 3. The maximum Gasteiger partial charge on any atom is 0.244 e. The van der Waals surface area contributed by atoms with Gasteiger partial charge in [0.05, 0.1) is 0 Å². The molecule has 0 saturated carbocycles. The van der Waals surface area contributed by atoms with Gasteiger partial charge in [0.1, 0.15) is 5.54 Å². The summed E-state index contributed by atoms with van der Waals surface area (Å²) in [5.74, 6) is 0.0517. The SMILES string of the molecule is NC(=O)C1(Nc2cccc(Cl)c2)CN2CCC1CC2. The van der Waals surface area contributed by atoms with Gasteiger partial charge >= 0.3 is 0 Å². The standard InChI is InChI=1S/C14H18ClN3O/c15-11-2-1-3-12(8-11)17-14(13(16)19)9-18-6-4-10(14)5-7-18/h1-3,8,10,17H,4-7,9H2,(H2,16,19). The summed E-state index contributed by atoms with van der Waals surface area (Å²) >= 11 is 6.00. The molecule has 1 atom stereocenters. The van der Waals surface area contributed by atoms with Crippen LogP contribution in [0.1, 0.15) is 12.8 Å². The Morgan fingerprint density at radius 3 is 2.68 bits per heavy atom. The predicted molar refractivity (Wildman–Crippen MR) is 76.2 cm³/mol. The van der Waals surface area contributed by atoms with Crippen molar-refractivity contribution in [1.29, 1.82) is 0 Å². The Kier molecular flexibility index (Phi) is 3.15. The lowest BCUT2D eigenvalue weighted by Crippen LogP contribution is -2.68. The number of nitrogens with two attached hydrogens (primary N) is 1. The third-order valence-corrected chi connectivity index (χ3v) is 4.62. The minimum absolute atomic E-state index is 0.262. The Labute approximate surface area is 117 Å². The van der Waals surface area contributed by atoms with Crippen LogP contribution in [0.5, 0.6) is 0 Å². The molecule has 0 aliphatic carbocycles. The number of rotatable bonds is 3. The van der Waals surface area contributed by atoms with E-state index < -0.39 is 5.54 Å². The summed E-state index contributed by atoms with van der Waals surface area (Å²) in [6, 6.07) is 7.46. The van der Waals surface area contributed by atoms with E-state index in [2.05, 4.69) is 10.2 Å². The lowest BCUT2D eigenvalue weighted by molar-refractivity contribution is -0.128. The number of hydrogen-bond donors (Lipinski definition) is 2. The van der Waals surface area contributed by atoms with Crippen molar-refractivity contribution in [2.45, 2.75) is 18.4 Å². The van der Waals surface area contributed by atoms with Crippen molar-refractivity contribution in [3.05, 3.63) is 29.3 Å². The average Bonchev–Trinajstić information content (AvgIpc) is 2.40. The van der Waals surface area contributed by atoms with E-state index in [9.17, 15) is 4.79 Å². The van der Waals surface area contributed by atoms with Gasteiger partial charge < -0.3 is 16.0 Å². The van der Waals surface area contributed by atoms with Crippen molar-refractivity contribution in [1.82, 2.24) is 4.90 Å². The highest BCUT2D eigenvalue weighted by Crippen LogP contribution is 2.38. The van der Waals surface area contributed by atoms with Crippen LogP contribution in [-0.2, 0) is 4.79 Å². The maximum absolute atomic E-state index is 12.1. The minimum atomic E-state index is -0.652. The lowest BCUT2D eigenvalue weighted by Gasteiger charge is -2.52. The number of amides is 1. The zero-order valence-electron chi connectivity index (χ0n) is 10.7. The van der Waals surface area contributed by atoms with Crippen molar-refractivity contribution in [2.75, 3.05) is 25.0 Å². The smallest absolute Gasteiger partial charge is 0.244 e. The molecule has 1 amide bonds. The molecule has 1 unspecified atom stereocenters. The van der Waals surface area contributed by atoms with Crippen LogP contribution in [-0.4, -0.2) is 36.0 Å². The number of carbonyl (C=O) groups is 1. The Morgan fingerprint density at radius 1 is 1.42 bits per heavy atom. The van der Waals surface area contributed by atoms with Crippen LogP contribution in [0.15, 0.2) is 24.3 Å². The molecular formula is C14H18ClN3O. The van der Waals surface area contributed by atoms with Gasteiger partial charge in [-0.2, -0.15) is 0 Å². The number of primary amides is 1. The molecule has 0 radical (unpaired) electrons. The second-order valence-corrected chi connectivity index (χ2v) is 5.96. The summed E-state index contributed by atoms with van der Waals surface area (Å²) in [7, 11) is 0. The largest absolute Gasteiger partial charge is 0.370 e. The number of piperidine rings is 3. The van der Waals surface area contributed by atoms with Crippen LogP contribution < -0.4 is 11.1 Å². The van der Waals surface area contributed by atoms with Gasteiger partial charge in [0.15, 0.2) is 0 Å². The molecule has 19 heavy (non-hydrogen) atoms. The molecule has 3 heterocycles. The zero-order chi connectivity index (χ0) is 13.5. The normalized spacial score (nSPS) is 33.1. The first-order valence-electron chi connectivity index (χ1n) is 6.66. The molecule has 2 bridgehead atoms. The molecule has 1 aromatic carbocycles. The predicted octanol–water partition coefficient (Wildman–Crippen LogP) is 1.70. The van der Waals surface area contributed by atoms with Gasteiger partial charge in [-0.15, -0.1) is 0 Å². The minimum Gasteiger partial charge on any atom is -0.370 e. The first-order valence-corrected chi connectivity index (χ1v) is 7.04. The van der Waals surface area contributed by atoms with Crippen molar-refractivity contribution < 1.29 is 4.79 Å². The summed E-state index contributed by atoms with van der Waals surface area (Å²) in [5, 5.41) is 4.02. The van der Waals surface area contributed by atoms with Crippen LogP contribution in [0, 0.1) is 5.92 Å². The number of halogens is 1. The fourth-order valence-corrected chi connectivity index (χ4v) is 3.56. The summed E-state index contributed by atoms with van der Waals surface area (Å²) in [4.78, 5) is 14.4. The molecule has 4 nitrogen and oxygen atoms in total. The van der Waals surface area contributed by atoms with Gasteiger partial charge in [-0.25, -0.2) is 0 Å². The van der Waals surface area contributed by atoms with Crippen molar-refractivity contribution in [3.63, 3.8) is 0 Å². The van der Waals surface area contributed by atoms with Crippen LogP contribution in [0.2, 0.25) is 5.02 Å². The highest BCUT2D eigenvalue weighted by atomic mass is 35.5. The summed E-state index contributed by atoms with van der Waals surface area (Å²) in [6.45, 7) is 2.83.